The quantitative estimate of drug-likeness (QED) is 0.412. The van der Waals surface area contributed by atoms with E-state index in [2.05, 4.69) is 22.4 Å². The van der Waals surface area contributed by atoms with E-state index in [4.69, 9.17) is 4.74 Å². The number of para-hydroxylation sites is 1. The number of amides is 1. The molecule has 148 valence electrons. The van der Waals surface area contributed by atoms with Crippen molar-refractivity contribution in [3.05, 3.63) is 103 Å². The van der Waals surface area contributed by atoms with E-state index in [0.29, 0.717) is 5.69 Å². The molecule has 0 aliphatic heterocycles. The lowest BCUT2D eigenvalue weighted by atomic mass is 10.0. The Kier molecular flexibility index (Phi) is 6.11. The minimum Gasteiger partial charge on any atom is -0.497 e. The minimum atomic E-state index is -0.242. The van der Waals surface area contributed by atoms with Crippen LogP contribution in [0.25, 0.3) is 11.1 Å². The second-order valence-electron chi connectivity index (χ2n) is 6.49. The molecule has 4 aromatic rings. The Bertz CT molecular complexity index is 1150. The van der Waals surface area contributed by atoms with Crippen LogP contribution >= 0.6 is 11.8 Å². The molecule has 0 fully saturated rings. The number of aromatic nitrogens is 1. The second-order valence-corrected chi connectivity index (χ2v) is 7.61. The monoisotopic (exact) mass is 412 g/mol. The van der Waals surface area contributed by atoms with Crippen molar-refractivity contribution >= 4 is 23.4 Å². The van der Waals surface area contributed by atoms with Gasteiger partial charge >= 0.3 is 0 Å². The molecule has 1 aromatic heterocycles. The molecule has 0 atom stereocenters. The van der Waals surface area contributed by atoms with E-state index in [-0.39, 0.29) is 5.91 Å². The van der Waals surface area contributed by atoms with Gasteiger partial charge < -0.3 is 10.1 Å². The van der Waals surface area contributed by atoms with Crippen molar-refractivity contribution in [2.24, 2.45) is 0 Å². The summed E-state index contributed by atoms with van der Waals surface area (Å²) in [6.07, 6.45) is 1.61. The van der Waals surface area contributed by atoms with Gasteiger partial charge in [-0.2, -0.15) is 0 Å². The molecule has 0 saturated heterocycles. The average molecular weight is 413 g/mol. The van der Waals surface area contributed by atoms with Gasteiger partial charge in [-0.1, -0.05) is 54.2 Å². The Morgan fingerprint density at radius 1 is 0.867 bits per heavy atom. The lowest BCUT2D eigenvalue weighted by Gasteiger charge is -2.15. The molecule has 3 aromatic carbocycles. The third-order valence-corrected chi connectivity index (χ3v) is 5.59. The van der Waals surface area contributed by atoms with Gasteiger partial charge in [-0.15, -0.1) is 0 Å². The highest BCUT2D eigenvalue weighted by Gasteiger charge is 2.15. The molecule has 1 amide bonds. The van der Waals surface area contributed by atoms with E-state index in [9.17, 15) is 4.79 Å². The molecule has 4 rings (SSSR count). The van der Waals surface area contributed by atoms with Crippen LogP contribution in [0.15, 0.2) is 107 Å². The number of carbonyl (C=O) groups is 1. The van der Waals surface area contributed by atoms with Crippen molar-refractivity contribution in [3.8, 4) is 16.9 Å². The summed E-state index contributed by atoms with van der Waals surface area (Å²) in [5, 5.41) is 3.00. The molecule has 1 heterocycles. The van der Waals surface area contributed by atoms with E-state index < -0.39 is 0 Å². The van der Waals surface area contributed by atoms with E-state index in [1.54, 1.807) is 43.3 Å². The Morgan fingerprint density at radius 3 is 2.40 bits per heavy atom. The highest BCUT2D eigenvalue weighted by Crippen LogP contribution is 2.40. The molecule has 4 nitrogen and oxygen atoms in total. The standard InChI is InChI=1S/C25H20N2O2S/c1-29-18-14-15-21(24(17-18)30-19-9-3-2-4-10-19)20-11-5-6-12-22(20)27-25(28)23-13-7-8-16-26-23/h2-17H,1H3,(H,27,28). The van der Waals surface area contributed by atoms with Crippen LogP contribution in [0.2, 0.25) is 0 Å². The van der Waals surface area contributed by atoms with E-state index in [1.165, 1.54) is 0 Å². The number of nitrogens with one attached hydrogen (secondary N) is 1. The maximum absolute atomic E-state index is 12.7. The van der Waals surface area contributed by atoms with Gasteiger partial charge in [0.15, 0.2) is 0 Å². The molecule has 0 bridgehead atoms. The topological polar surface area (TPSA) is 51.2 Å². The van der Waals surface area contributed by atoms with Crippen LogP contribution in [-0.2, 0) is 0 Å². The van der Waals surface area contributed by atoms with E-state index >= 15 is 0 Å². The van der Waals surface area contributed by atoms with Gasteiger partial charge in [0.05, 0.1) is 7.11 Å². The van der Waals surface area contributed by atoms with Gasteiger partial charge in [-0.05, 0) is 54.1 Å². The number of carbonyl (C=O) groups excluding carboxylic acids is 1. The Morgan fingerprint density at radius 2 is 1.63 bits per heavy atom. The number of benzene rings is 3. The zero-order chi connectivity index (χ0) is 20.8. The first kappa shape index (κ1) is 19.7. The van der Waals surface area contributed by atoms with Crippen molar-refractivity contribution in [1.29, 1.82) is 0 Å². The molecule has 0 radical (unpaired) electrons. The highest BCUT2D eigenvalue weighted by atomic mass is 32.2. The van der Waals surface area contributed by atoms with Crippen LogP contribution in [0.4, 0.5) is 5.69 Å². The molecule has 30 heavy (non-hydrogen) atoms. The smallest absolute Gasteiger partial charge is 0.274 e. The summed E-state index contributed by atoms with van der Waals surface area (Å²) in [5.74, 6) is 0.543. The predicted octanol–water partition coefficient (Wildman–Crippen LogP) is 6.16. The summed E-state index contributed by atoms with van der Waals surface area (Å²) in [7, 11) is 1.66. The van der Waals surface area contributed by atoms with Gasteiger partial charge in [0.25, 0.3) is 5.91 Å². The normalized spacial score (nSPS) is 10.4. The summed E-state index contributed by atoms with van der Waals surface area (Å²) >= 11 is 1.66. The molecule has 0 aliphatic carbocycles. The number of hydrogen-bond donors (Lipinski definition) is 1. The number of ether oxygens (including phenoxy) is 1. The van der Waals surface area contributed by atoms with Crippen LogP contribution in [0.3, 0.4) is 0 Å². The first-order chi connectivity index (χ1) is 14.7. The molecule has 0 spiro atoms. The highest BCUT2D eigenvalue weighted by molar-refractivity contribution is 7.99. The van der Waals surface area contributed by atoms with Crippen molar-refractivity contribution in [3.63, 3.8) is 0 Å². The maximum atomic E-state index is 12.7. The summed E-state index contributed by atoms with van der Waals surface area (Å²) < 4.78 is 5.44. The van der Waals surface area contributed by atoms with Crippen molar-refractivity contribution in [1.82, 2.24) is 4.98 Å². The largest absolute Gasteiger partial charge is 0.497 e. The molecule has 0 unspecified atom stereocenters. The number of rotatable bonds is 6. The van der Waals surface area contributed by atoms with Gasteiger partial charge in [0.2, 0.25) is 0 Å². The summed E-state index contributed by atoms with van der Waals surface area (Å²) in [5.41, 5.74) is 3.05. The number of anilines is 1. The SMILES string of the molecule is COc1ccc(-c2ccccc2NC(=O)c2ccccn2)c(Sc2ccccc2)c1. The summed E-state index contributed by atoms with van der Waals surface area (Å²) in [6.45, 7) is 0. The number of methoxy groups -OCH3 is 1. The summed E-state index contributed by atoms with van der Waals surface area (Å²) in [4.78, 5) is 19.0. The fourth-order valence-corrected chi connectivity index (χ4v) is 4.07. The lowest BCUT2D eigenvalue weighted by Crippen LogP contribution is -2.14. The molecule has 0 aliphatic rings. The Hall–Kier alpha value is -3.57. The molecular weight excluding hydrogens is 392 g/mol. The average Bonchev–Trinajstić information content (AvgIpc) is 2.81. The van der Waals surface area contributed by atoms with Crippen LogP contribution < -0.4 is 10.1 Å². The first-order valence-electron chi connectivity index (χ1n) is 9.47. The zero-order valence-corrected chi connectivity index (χ0v) is 17.2. The van der Waals surface area contributed by atoms with Crippen LogP contribution in [0.1, 0.15) is 10.5 Å². The van der Waals surface area contributed by atoms with Gasteiger partial charge in [-0.25, -0.2) is 0 Å². The van der Waals surface area contributed by atoms with Crippen LogP contribution in [-0.4, -0.2) is 18.0 Å². The Labute approximate surface area is 180 Å². The summed E-state index contributed by atoms with van der Waals surface area (Å²) in [6, 6.07) is 29.2. The first-order valence-corrected chi connectivity index (χ1v) is 10.3. The second kappa shape index (κ2) is 9.29. The third kappa shape index (κ3) is 4.53. The van der Waals surface area contributed by atoms with Crippen molar-refractivity contribution in [2.45, 2.75) is 9.79 Å². The number of hydrogen-bond acceptors (Lipinski definition) is 4. The third-order valence-electron chi connectivity index (χ3n) is 4.52. The fraction of sp³-hybridized carbons (Fsp3) is 0.0400. The van der Waals surface area contributed by atoms with Crippen molar-refractivity contribution < 1.29 is 9.53 Å². The zero-order valence-electron chi connectivity index (χ0n) is 16.4. The van der Waals surface area contributed by atoms with Gasteiger partial charge in [0.1, 0.15) is 11.4 Å². The molecule has 0 saturated carbocycles. The molecule has 5 heteroatoms. The minimum absolute atomic E-state index is 0.242. The number of nitrogens with zero attached hydrogens (tertiary/aromatic N) is 1. The molecular formula is C25H20N2O2S. The van der Waals surface area contributed by atoms with Crippen LogP contribution in [0, 0.1) is 0 Å². The lowest BCUT2D eigenvalue weighted by molar-refractivity contribution is 0.102. The van der Waals surface area contributed by atoms with Crippen molar-refractivity contribution in [2.75, 3.05) is 12.4 Å². The fourth-order valence-electron chi connectivity index (χ4n) is 3.06. The number of pyridine rings is 1. The Balaban J connectivity index is 1.73. The van der Waals surface area contributed by atoms with Gasteiger partial charge in [-0.3, -0.25) is 9.78 Å². The van der Waals surface area contributed by atoms with Crippen LogP contribution in [0.5, 0.6) is 5.75 Å². The predicted molar refractivity (Wildman–Crippen MR) is 121 cm³/mol. The van der Waals surface area contributed by atoms with E-state index in [0.717, 1.165) is 32.4 Å². The maximum Gasteiger partial charge on any atom is 0.274 e. The van der Waals surface area contributed by atoms with E-state index in [1.807, 2.05) is 60.7 Å². The molecule has 1 N–H and O–H groups in total. The van der Waals surface area contributed by atoms with Gasteiger partial charge in [0, 0.05) is 27.2 Å².